The lowest BCUT2D eigenvalue weighted by atomic mass is 9.75. The Morgan fingerprint density at radius 1 is 1.18 bits per heavy atom. The minimum atomic E-state index is -0.698. The summed E-state index contributed by atoms with van der Waals surface area (Å²) in [6, 6.07) is 13.3. The Balaban J connectivity index is 1.78. The van der Waals surface area contributed by atoms with Crippen molar-refractivity contribution in [2.75, 3.05) is 26.8 Å². The van der Waals surface area contributed by atoms with Crippen molar-refractivity contribution in [3.63, 3.8) is 0 Å². The highest BCUT2D eigenvalue weighted by atomic mass is 16.6. The van der Waals surface area contributed by atoms with E-state index < -0.39 is 5.41 Å². The summed E-state index contributed by atoms with van der Waals surface area (Å²) in [6.07, 6.45) is 2.86. The second-order valence-electron chi connectivity index (χ2n) is 7.14. The monoisotopic (exact) mass is 385 g/mol. The fraction of sp³-hybridized carbons (Fsp3) is 0.455. The Hall–Kier alpha value is -2.76. The third-order valence-corrected chi connectivity index (χ3v) is 5.30. The lowest BCUT2D eigenvalue weighted by Crippen LogP contribution is -2.50. The fourth-order valence-corrected chi connectivity index (χ4v) is 3.79. The van der Waals surface area contributed by atoms with Gasteiger partial charge in [0.25, 0.3) is 11.9 Å². The second-order valence-corrected chi connectivity index (χ2v) is 7.14. The van der Waals surface area contributed by atoms with E-state index in [2.05, 4.69) is 12.1 Å². The van der Waals surface area contributed by atoms with Crippen LogP contribution in [0.5, 0.6) is 5.95 Å². The molecule has 1 aliphatic heterocycles. The number of nitrogens with zero attached hydrogens (tertiary/aromatic N) is 1. The highest BCUT2D eigenvalue weighted by molar-refractivity contribution is 5.92. The maximum Gasteiger partial charge on any atom is 0.313 e. The Kier molecular flexibility index (Phi) is 6.39. The predicted molar refractivity (Wildman–Crippen MR) is 104 cm³/mol. The molecule has 2 heterocycles. The van der Waals surface area contributed by atoms with E-state index in [-0.39, 0.29) is 17.6 Å². The molecule has 1 saturated heterocycles. The predicted octanol–water partition coefficient (Wildman–Crippen LogP) is 3.71. The molecule has 3 rings (SSSR count). The molecule has 0 N–H and O–H groups in total. The standard InChI is InChI=1S/C22H27NO5/c1-3-27-21(25)22(14-12-17-8-5-4-6-9-17)13-7-15-23(16-22)20(24)18-10-11-19(26-2)28-18/h4-6,8-11H,3,7,12-16H2,1-2H3/t22-/m1/s1. The molecule has 0 spiro atoms. The van der Waals surface area contributed by atoms with Crippen molar-refractivity contribution in [3.05, 3.63) is 53.8 Å². The van der Waals surface area contributed by atoms with Gasteiger partial charge in [-0.2, -0.15) is 0 Å². The van der Waals surface area contributed by atoms with Crippen molar-refractivity contribution in [2.45, 2.75) is 32.6 Å². The number of methoxy groups -OCH3 is 1. The molecule has 1 atom stereocenters. The van der Waals surface area contributed by atoms with Gasteiger partial charge < -0.3 is 18.8 Å². The van der Waals surface area contributed by atoms with Crippen LogP contribution in [0.15, 0.2) is 46.9 Å². The lowest BCUT2D eigenvalue weighted by molar-refractivity contribution is -0.159. The summed E-state index contributed by atoms with van der Waals surface area (Å²) in [7, 11) is 1.49. The van der Waals surface area contributed by atoms with Crippen LogP contribution in [0.2, 0.25) is 0 Å². The number of ether oxygens (including phenoxy) is 2. The summed E-state index contributed by atoms with van der Waals surface area (Å²) < 4.78 is 15.9. The maximum atomic E-state index is 12.9. The average molecular weight is 385 g/mol. The first kappa shape index (κ1) is 20.0. The number of benzene rings is 1. The van der Waals surface area contributed by atoms with Crippen LogP contribution in [0, 0.1) is 5.41 Å². The van der Waals surface area contributed by atoms with Crippen LogP contribution >= 0.6 is 0 Å². The highest BCUT2D eigenvalue weighted by Gasteiger charge is 2.44. The van der Waals surface area contributed by atoms with E-state index >= 15 is 0 Å². The van der Waals surface area contributed by atoms with Crippen LogP contribution in [-0.4, -0.2) is 43.6 Å². The van der Waals surface area contributed by atoms with Crippen molar-refractivity contribution >= 4 is 11.9 Å². The van der Waals surface area contributed by atoms with Gasteiger partial charge in [0.2, 0.25) is 0 Å². The zero-order valence-electron chi connectivity index (χ0n) is 16.5. The van der Waals surface area contributed by atoms with Crippen LogP contribution in [-0.2, 0) is 16.0 Å². The molecule has 6 heteroatoms. The Morgan fingerprint density at radius 3 is 2.64 bits per heavy atom. The van der Waals surface area contributed by atoms with Gasteiger partial charge in [0.1, 0.15) is 0 Å². The van der Waals surface area contributed by atoms with Gasteiger partial charge in [-0.15, -0.1) is 0 Å². The fourth-order valence-electron chi connectivity index (χ4n) is 3.79. The first-order chi connectivity index (χ1) is 13.6. The molecule has 0 aliphatic carbocycles. The third kappa shape index (κ3) is 4.38. The van der Waals surface area contributed by atoms with Gasteiger partial charge in [-0.05, 0) is 44.2 Å². The van der Waals surface area contributed by atoms with Crippen molar-refractivity contribution in [3.8, 4) is 5.95 Å². The molecule has 1 amide bonds. The van der Waals surface area contributed by atoms with Crippen LogP contribution in [0.3, 0.4) is 0 Å². The molecule has 28 heavy (non-hydrogen) atoms. The molecule has 0 unspecified atom stereocenters. The van der Waals surface area contributed by atoms with Gasteiger partial charge in [-0.1, -0.05) is 30.3 Å². The summed E-state index contributed by atoms with van der Waals surface area (Å²) in [5, 5.41) is 0. The number of amides is 1. The topological polar surface area (TPSA) is 69.0 Å². The van der Waals surface area contributed by atoms with E-state index in [0.29, 0.717) is 38.5 Å². The maximum absolute atomic E-state index is 12.9. The van der Waals surface area contributed by atoms with E-state index in [1.807, 2.05) is 25.1 Å². The molecule has 1 aromatic carbocycles. The summed E-state index contributed by atoms with van der Waals surface area (Å²) in [5.74, 6) is 0.0671. The number of esters is 1. The average Bonchev–Trinajstić information content (AvgIpc) is 3.22. The van der Waals surface area contributed by atoms with Gasteiger partial charge >= 0.3 is 5.97 Å². The number of hydrogen-bond acceptors (Lipinski definition) is 5. The molecule has 2 aromatic rings. The van der Waals surface area contributed by atoms with Crippen LogP contribution in [0.1, 0.15) is 42.3 Å². The number of piperidine rings is 1. The zero-order valence-corrected chi connectivity index (χ0v) is 16.5. The second kappa shape index (κ2) is 8.95. The van der Waals surface area contributed by atoms with Crippen LogP contribution in [0.4, 0.5) is 0 Å². The van der Waals surface area contributed by atoms with E-state index in [4.69, 9.17) is 13.9 Å². The first-order valence-corrected chi connectivity index (χ1v) is 9.72. The smallest absolute Gasteiger partial charge is 0.313 e. The Morgan fingerprint density at radius 2 is 1.96 bits per heavy atom. The number of carbonyl (C=O) groups excluding carboxylic acids is 2. The van der Waals surface area contributed by atoms with Crippen molar-refractivity contribution in [2.24, 2.45) is 5.41 Å². The molecule has 6 nitrogen and oxygen atoms in total. The van der Waals surface area contributed by atoms with E-state index in [1.165, 1.54) is 12.7 Å². The molecule has 1 aliphatic rings. The van der Waals surface area contributed by atoms with Crippen LogP contribution in [0.25, 0.3) is 0 Å². The molecule has 1 aromatic heterocycles. The van der Waals surface area contributed by atoms with E-state index in [9.17, 15) is 9.59 Å². The highest BCUT2D eigenvalue weighted by Crippen LogP contribution is 2.37. The number of aryl methyl sites for hydroxylation is 1. The van der Waals surface area contributed by atoms with Gasteiger partial charge in [0, 0.05) is 19.2 Å². The molecule has 150 valence electrons. The summed E-state index contributed by atoms with van der Waals surface area (Å²) in [5.41, 5.74) is 0.474. The Labute approximate surface area is 165 Å². The molecule has 0 radical (unpaired) electrons. The van der Waals surface area contributed by atoms with Crippen molar-refractivity contribution < 1.29 is 23.5 Å². The largest absolute Gasteiger partial charge is 0.468 e. The first-order valence-electron chi connectivity index (χ1n) is 9.72. The number of carbonyl (C=O) groups is 2. The molecule has 0 bridgehead atoms. The minimum absolute atomic E-state index is 0.222. The number of furan rings is 1. The summed E-state index contributed by atoms with van der Waals surface area (Å²) in [4.78, 5) is 27.5. The van der Waals surface area contributed by atoms with Gasteiger partial charge in [-0.25, -0.2) is 0 Å². The summed E-state index contributed by atoms with van der Waals surface area (Å²) >= 11 is 0. The molecule has 0 saturated carbocycles. The van der Waals surface area contributed by atoms with Gasteiger partial charge in [0.15, 0.2) is 5.76 Å². The number of rotatable bonds is 7. The quantitative estimate of drug-likeness (QED) is 0.680. The number of hydrogen-bond donors (Lipinski definition) is 0. The SMILES string of the molecule is CCOC(=O)[C@@]1(CCc2ccccc2)CCCN(C(=O)c2ccc(OC)o2)C1. The van der Waals surface area contributed by atoms with Crippen molar-refractivity contribution in [1.29, 1.82) is 0 Å². The van der Waals surface area contributed by atoms with Gasteiger partial charge in [0.05, 0.1) is 19.1 Å². The molecule has 1 fully saturated rings. The zero-order chi connectivity index (χ0) is 20.0. The van der Waals surface area contributed by atoms with E-state index in [1.54, 1.807) is 17.0 Å². The minimum Gasteiger partial charge on any atom is -0.468 e. The summed E-state index contributed by atoms with van der Waals surface area (Å²) in [6.45, 7) is 3.06. The molecular weight excluding hydrogens is 358 g/mol. The number of likely N-dealkylation sites (tertiary alicyclic amines) is 1. The molecular formula is C22H27NO5. The normalized spacial score (nSPS) is 19.3. The van der Waals surface area contributed by atoms with Gasteiger partial charge in [-0.3, -0.25) is 9.59 Å². The third-order valence-electron chi connectivity index (χ3n) is 5.30. The lowest BCUT2D eigenvalue weighted by Gasteiger charge is -2.40. The van der Waals surface area contributed by atoms with E-state index in [0.717, 1.165) is 12.8 Å². The van der Waals surface area contributed by atoms with Crippen molar-refractivity contribution in [1.82, 2.24) is 4.90 Å². The Bertz CT molecular complexity index is 800. The van der Waals surface area contributed by atoms with Crippen LogP contribution < -0.4 is 4.74 Å².